The van der Waals surface area contributed by atoms with Crippen molar-refractivity contribution in [3.63, 3.8) is 0 Å². The van der Waals surface area contributed by atoms with Crippen molar-refractivity contribution in [1.29, 1.82) is 0 Å². The van der Waals surface area contributed by atoms with Crippen molar-refractivity contribution in [2.75, 3.05) is 17.2 Å². The summed E-state index contributed by atoms with van der Waals surface area (Å²) in [6.45, 7) is 9.29. The van der Waals surface area contributed by atoms with Crippen LogP contribution in [0.2, 0.25) is 0 Å². The highest BCUT2D eigenvalue weighted by Gasteiger charge is 2.14. The normalized spacial score (nSPS) is 12.4. The van der Waals surface area contributed by atoms with Crippen LogP contribution in [0.5, 0.6) is 0 Å². The molecule has 2 aromatic heterocycles. The zero-order valence-corrected chi connectivity index (χ0v) is 13.0. The van der Waals surface area contributed by atoms with Crippen molar-refractivity contribution in [1.82, 2.24) is 24.5 Å². The van der Waals surface area contributed by atoms with Gasteiger partial charge in [-0.3, -0.25) is 4.57 Å². The van der Waals surface area contributed by atoms with E-state index in [0.717, 1.165) is 13.0 Å². The zero-order valence-electron chi connectivity index (χ0n) is 13.0. The average Bonchev–Trinajstić information content (AvgIpc) is 2.99. The summed E-state index contributed by atoms with van der Waals surface area (Å²) in [6, 6.07) is 0.331. The maximum Gasteiger partial charge on any atom is 0.241 e. The second-order valence-corrected chi connectivity index (χ2v) is 5.19. The molecular weight excluding hydrogens is 266 g/mol. The largest absolute Gasteiger partial charge is 0.354 e. The Morgan fingerprint density at radius 1 is 1.14 bits per heavy atom. The summed E-state index contributed by atoms with van der Waals surface area (Å²) in [7, 11) is 0. The fraction of sp³-hybridized carbons (Fsp3) is 0.571. The third kappa shape index (κ3) is 3.90. The van der Waals surface area contributed by atoms with Gasteiger partial charge in [0.1, 0.15) is 6.33 Å². The highest BCUT2D eigenvalue weighted by Crippen LogP contribution is 2.14. The van der Waals surface area contributed by atoms with E-state index in [9.17, 15) is 0 Å². The fourth-order valence-corrected chi connectivity index (χ4v) is 2.07. The molecular formula is C14H23N7. The first kappa shape index (κ1) is 15.2. The molecule has 2 rings (SSSR count). The van der Waals surface area contributed by atoms with Gasteiger partial charge in [0.05, 0.1) is 0 Å². The van der Waals surface area contributed by atoms with E-state index in [0.29, 0.717) is 29.8 Å². The maximum absolute atomic E-state index is 4.48. The summed E-state index contributed by atoms with van der Waals surface area (Å²) in [5.74, 6) is 2.22. The van der Waals surface area contributed by atoms with E-state index in [1.165, 1.54) is 0 Å². The Hall–Kier alpha value is -2.18. The monoisotopic (exact) mass is 289 g/mol. The van der Waals surface area contributed by atoms with Crippen LogP contribution in [0.3, 0.4) is 0 Å². The Kier molecular flexibility index (Phi) is 5.08. The van der Waals surface area contributed by atoms with Crippen molar-refractivity contribution in [3.05, 3.63) is 18.7 Å². The molecule has 21 heavy (non-hydrogen) atoms. The van der Waals surface area contributed by atoms with Crippen LogP contribution in [0.15, 0.2) is 18.7 Å². The summed E-state index contributed by atoms with van der Waals surface area (Å²) in [4.78, 5) is 17.3. The third-order valence-electron chi connectivity index (χ3n) is 3.25. The van der Waals surface area contributed by atoms with E-state index < -0.39 is 0 Å². The van der Waals surface area contributed by atoms with Crippen LogP contribution in [-0.4, -0.2) is 37.1 Å². The van der Waals surface area contributed by atoms with Gasteiger partial charge in [0, 0.05) is 25.0 Å². The van der Waals surface area contributed by atoms with Gasteiger partial charge < -0.3 is 10.6 Å². The Morgan fingerprint density at radius 3 is 2.48 bits per heavy atom. The molecule has 0 bridgehead atoms. The molecule has 0 aliphatic carbocycles. The smallest absolute Gasteiger partial charge is 0.241 e. The zero-order chi connectivity index (χ0) is 15.2. The van der Waals surface area contributed by atoms with Crippen LogP contribution in [0.4, 0.5) is 11.9 Å². The predicted molar refractivity (Wildman–Crippen MR) is 83.7 cm³/mol. The minimum Gasteiger partial charge on any atom is -0.354 e. The van der Waals surface area contributed by atoms with Crippen molar-refractivity contribution in [2.24, 2.45) is 5.92 Å². The Labute approximate surface area is 125 Å². The number of aromatic nitrogens is 5. The average molecular weight is 289 g/mol. The van der Waals surface area contributed by atoms with Gasteiger partial charge >= 0.3 is 0 Å². The molecule has 0 radical (unpaired) electrons. The van der Waals surface area contributed by atoms with Gasteiger partial charge in [0.15, 0.2) is 0 Å². The molecule has 0 aromatic carbocycles. The third-order valence-corrected chi connectivity index (χ3v) is 3.25. The standard InChI is InChI=1S/C14H23N7/c1-5-11(10(3)4)17-13-18-12(16-6-2)19-14(20-13)21-8-7-15-9-21/h7-11H,5-6H2,1-4H3,(H2,16,17,18,19,20). The first-order valence-corrected chi connectivity index (χ1v) is 7.38. The SMILES string of the molecule is CCNc1nc(NC(CC)C(C)C)nc(-n2ccnc2)n1. The summed E-state index contributed by atoms with van der Waals surface area (Å²) < 4.78 is 1.77. The van der Waals surface area contributed by atoms with E-state index in [1.807, 2.05) is 13.1 Å². The molecule has 2 N–H and O–H groups in total. The lowest BCUT2D eigenvalue weighted by Gasteiger charge is -2.21. The Balaban J connectivity index is 2.31. The molecule has 0 saturated heterocycles. The molecule has 7 heteroatoms. The molecule has 0 aliphatic rings. The molecule has 0 spiro atoms. The molecule has 114 valence electrons. The molecule has 0 fully saturated rings. The summed E-state index contributed by atoms with van der Waals surface area (Å²) in [5.41, 5.74) is 0. The van der Waals surface area contributed by atoms with Gasteiger partial charge in [-0.15, -0.1) is 0 Å². The minimum atomic E-state index is 0.331. The van der Waals surface area contributed by atoms with Crippen LogP contribution in [0.1, 0.15) is 34.1 Å². The molecule has 1 atom stereocenters. The van der Waals surface area contributed by atoms with Gasteiger partial charge in [-0.1, -0.05) is 20.8 Å². The van der Waals surface area contributed by atoms with Gasteiger partial charge in [-0.2, -0.15) is 15.0 Å². The molecule has 0 saturated carbocycles. The Morgan fingerprint density at radius 2 is 1.90 bits per heavy atom. The van der Waals surface area contributed by atoms with Crippen molar-refractivity contribution in [3.8, 4) is 5.95 Å². The number of imidazole rings is 1. The van der Waals surface area contributed by atoms with Gasteiger partial charge in [0.25, 0.3) is 0 Å². The van der Waals surface area contributed by atoms with E-state index in [-0.39, 0.29) is 0 Å². The van der Waals surface area contributed by atoms with Gasteiger partial charge in [-0.25, -0.2) is 4.98 Å². The number of nitrogens with zero attached hydrogens (tertiary/aromatic N) is 5. The second kappa shape index (κ2) is 7.01. The lowest BCUT2D eigenvalue weighted by molar-refractivity contribution is 0.507. The van der Waals surface area contributed by atoms with E-state index in [1.54, 1.807) is 17.1 Å². The van der Waals surface area contributed by atoms with E-state index >= 15 is 0 Å². The first-order valence-electron chi connectivity index (χ1n) is 7.38. The van der Waals surface area contributed by atoms with Crippen LogP contribution in [0, 0.1) is 5.92 Å². The van der Waals surface area contributed by atoms with Crippen LogP contribution >= 0.6 is 0 Å². The molecule has 2 aromatic rings. The number of anilines is 2. The van der Waals surface area contributed by atoms with Gasteiger partial charge in [0.2, 0.25) is 17.8 Å². The van der Waals surface area contributed by atoms with Crippen LogP contribution < -0.4 is 10.6 Å². The summed E-state index contributed by atoms with van der Waals surface area (Å²) in [5, 5.41) is 6.53. The summed E-state index contributed by atoms with van der Waals surface area (Å²) in [6.07, 6.45) is 6.20. The Bertz CT molecular complexity index is 550. The van der Waals surface area contributed by atoms with Crippen molar-refractivity contribution < 1.29 is 0 Å². The number of hydrogen-bond acceptors (Lipinski definition) is 6. The highest BCUT2D eigenvalue weighted by atomic mass is 15.3. The molecule has 0 aliphatic heterocycles. The lowest BCUT2D eigenvalue weighted by atomic mass is 10.0. The van der Waals surface area contributed by atoms with Crippen molar-refractivity contribution >= 4 is 11.9 Å². The second-order valence-electron chi connectivity index (χ2n) is 5.19. The first-order chi connectivity index (χ1) is 10.1. The van der Waals surface area contributed by atoms with E-state index in [4.69, 9.17) is 0 Å². The van der Waals surface area contributed by atoms with Crippen LogP contribution in [0.25, 0.3) is 5.95 Å². The van der Waals surface area contributed by atoms with Crippen molar-refractivity contribution in [2.45, 2.75) is 40.2 Å². The fourth-order valence-electron chi connectivity index (χ4n) is 2.07. The topological polar surface area (TPSA) is 80.5 Å². The highest BCUT2D eigenvalue weighted by molar-refractivity contribution is 5.38. The summed E-state index contributed by atoms with van der Waals surface area (Å²) >= 11 is 0. The maximum atomic E-state index is 4.48. The minimum absolute atomic E-state index is 0.331. The number of rotatable bonds is 7. The molecule has 0 amide bonds. The van der Waals surface area contributed by atoms with Crippen LogP contribution in [-0.2, 0) is 0 Å². The predicted octanol–water partition coefficient (Wildman–Crippen LogP) is 2.34. The molecule has 2 heterocycles. The quantitative estimate of drug-likeness (QED) is 0.814. The number of nitrogens with one attached hydrogen (secondary N) is 2. The van der Waals surface area contributed by atoms with Gasteiger partial charge in [-0.05, 0) is 19.3 Å². The number of hydrogen-bond donors (Lipinski definition) is 2. The molecule has 1 unspecified atom stereocenters. The molecule has 7 nitrogen and oxygen atoms in total. The lowest BCUT2D eigenvalue weighted by Crippen LogP contribution is -2.26. The van der Waals surface area contributed by atoms with E-state index in [2.05, 4.69) is 51.3 Å².